The van der Waals surface area contributed by atoms with Crippen LogP contribution in [0.15, 0.2) is 72.8 Å². The highest BCUT2D eigenvalue weighted by Gasteiger charge is 2.28. The van der Waals surface area contributed by atoms with E-state index in [-0.39, 0.29) is 42.6 Å². The largest absolute Gasteiger partial charge is 0.850 e. The van der Waals surface area contributed by atoms with Crippen LogP contribution in [-0.4, -0.2) is 49.8 Å². The van der Waals surface area contributed by atoms with Gasteiger partial charge in [0.1, 0.15) is 6.10 Å². The van der Waals surface area contributed by atoms with Crippen molar-refractivity contribution in [3.63, 3.8) is 0 Å². The Labute approximate surface area is 262 Å². The van der Waals surface area contributed by atoms with Crippen molar-refractivity contribution < 1.29 is 23.9 Å². The lowest BCUT2D eigenvalue weighted by atomic mass is 9.99. The molecule has 0 radical (unpaired) electrons. The predicted octanol–water partition coefficient (Wildman–Crippen LogP) is 6.41. The number of likely N-dealkylation sites (tertiary alicyclic amines) is 1. The summed E-state index contributed by atoms with van der Waals surface area (Å²) in [6.45, 7) is 1.74. The third-order valence-corrected chi connectivity index (χ3v) is 8.52. The summed E-state index contributed by atoms with van der Waals surface area (Å²) in [5.41, 5.74) is 4.25. The number of amides is 2. The van der Waals surface area contributed by atoms with Gasteiger partial charge in [0.05, 0.1) is 32.9 Å². The van der Waals surface area contributed by atoms with Gasteiger partial charge in [-0.2, -0.15) is 0 Å². The molecule has 9 heteroatoms. The second-order valence-electron chi connectivity index (χ2n) is 11.0. The van der Waals surface area contributed by atoms with Crippen molar-refractivity contribution in [3.8, 4) is 11.1 Å². The van der Waals surface area contributed by atoms with Gasteiger partial charge < -0.3 is 19.6 Å². The number of carbonyl (C=O) groups is 2. The average molecular weight is 686 g/mol. The van der Waals surface area contributed by atoms with Crippen molar-refractivity contribution in [2.75, 3.05) is 37.8 Å². The van der Waals surface area contributed by atoms with E-state index in [1.807, 2.05) is 72.8 Å². The van der Waals surface area contributed by atoms with Crippen LogP contribution in [0.1, 0.15) is 29.7 Å². The summed E-state index contributed by atoms with van der Waals surface area (Å²) in [6.07, 6.45) is 2.07. The topological polar surface area (TPSA) is 90.5 Å². The Bertz CT molecular complexity index is 1500. The molecule has 216 valence electrons. The molecule has 0 saturated carbocycles. The number of aryl methyl sites for hydroxylation is 1. The SMILES string of the molecule is C[N+]1(C)CCC(OC(=O)Nc2ccc(CCC(=O)Nc3ccc4sc(C[O-])cc4c3)cc2-c2ccccc2)CC1.I. The Morgan fingerprint density at radius 1 is 0.976 bits per heavy atom. The van der Waals surface area contributed by atoms with Crippen LogP contribution < -0.4 is 15.7 Å². The monoisotopic (exact) mass is 685 g/mol. The fraction of sp³-hybridized carbons (Fsp3) is 0.312. The number of carbonyl (C=O) groups excluding carboxylic acids is 2. The Hall–Kier alpha value is -2.99. The molecule has 2 amide bonds. The lowest BCUT2D eigenvalue weighted by Crippen LogP contribution is -2.48. The third-order valence-electron chi connectivity index (χ3n) is 7.43. The number of halogens is 1. The summed E-state index contributed by atoms with van der Waals surface area (Å²) in [5, 5.41) is 18.1. The molecule has 2 heterocycles. The summed E-state index contributed by atoms with van der Waals surface area (Å²) in [6, 6.07) is 23.3. The van der Waals surface area contributed by atoms with Crippen LogP contribution in [0, 0.1) is 0 Å². The van der Waals surface area contributed by atoms with Crippen molar-refractivity contribution in [3.05, 3.63) is 83.2 Å². The van der Waals surface area contributed by atoms with Gasteiger partial charge in [-0.1, -0.05) is 36.4 Å². The van der Waals surface area contributed by atoms with Crippen LogP contribution in [0.3, 0.4) is 0 Å². The molecule has 1 aliphatic heterocycles. The zero-order chi connectivity index (χ0) is 28.1. The molecule has 1 aromatic heterocycles. The number of piperidine rings is 1. The number of nitrogens with zero attached hydrogens (tertiary/aromatic N) is 1. The normalized spacial score (nSPS) is 14.7. The molecular weight excluding hydrogens is 649 g/mol. The van der Waals surface area contributed by atoms with Crippen LogP contribution in [0.4, 0.5) is 16.2 Å². The highest BCUT2D eigenvalue weighted by atomic mass is 127. The summed E-state index contributed by atoms with van der Waals surface area (Å²) in [5.74, 6) is -0.0834. The molecule has 0 spiro atoms. The minimum absolute atomic E-state index is 0. The first kappa shape index (κ1) is 31.0. The third kappa shape index (κ3) is 8.28. The number of hydrogen-bond donors (Lipinski definition) is 2. The number of benzene rings is 3. The maximum absolute atomic E-state index is 12.8. The zero-order valence-electron chi connectivity index (χ0n) is 23.4. The van der Waals surface area contributed by atoms with Crippen molar-refractivity contribution in [1.29, 1.82) is 0 Å². The summed E-state index contributed by atoms with van der Waals surface area (Å²) in [4.78, 5) is 26.3. The van der Waals surface area contributed by atoms with Gasteiger partial charge in [-0.3, -0.25) is 10.1 Å². The molecule has 0 bridgehead atoms. The second kappa shape index (κ2) is 13.8. The maximum atomic E-state index is 12.8. The van der Waals surface area contributed by atoms with Gasteiger partial charge in [0, 0.05) is 35.2 Å². The molecule has 2 N–H and O–H groups in total. The van der Waals surface area contributed by atoms with Crippen LogP contribution >= 0.6 is 35.3 Å². The molecule has 3 aromatic carbocycles. The molecular formula is C32H36IN3O4S. The number of anilines is 2. The molecule has 4 aromatic rings. The number of rotatable bonds is 8. The first-order valence-corrected chi connectivity index (χ1v) is 14.5. The molecule has 0 unspecified atom stereocenters. The van der Waals surface area contributed by atoms with Gasteiger partial charge in [-0.15, -0.1) is 41.9 Å². The minimum atomic E-state index is -0.438. The smallest absolute Gasteiger partial charge is 0.411 e. The van der Waals surface area contributed by atoms with Gasteiger partial charge >= 0.3 is 6.09 Å². The van der Waals surface area contributed by atoms with Crippen LogP contribution in [0.25, 0.3) is 21.2 Å². The quantitative estimate of drug-likeness (QED) is 0.166. The van der Waals surface area contributed by atoms with E-state index in [1.165, 1.54) is 11.3 Å². The standard InChI is InChI=1S/C32H35N3O4S.HI/c1-35(2)16-14-26(15-17-35)39-32(38)34-29-11-8-22(18-28(29)23-6-4-3-5-7-23)9-13-31(37)33-25-10-12-30-24(19-25)20-27(21-36)40-30;/h3-8,10-12,18-20,26H,9,13-17,21H2,1-2H3,(H,33,37)(H,34,38);1H. The first-order chi connectivity index (χ1) is 19.3. The number of hydrogen-bond acceptors (Lipinski definition) is 5. The van der Waals surface area contributed by atoms with Gasteiger partial charge in [0.2, 0.25) is 5.91 Å². The van der Waals surface area contributed by atoms with Crippen molar-refractivity contribution in [2.24, 2.45) is 0 Å². The van der Waals surface area contributed by atoms with Gasteiger partial charge in [-0.05, 0) is 64.2 Å². The van der Waals surface area contributed by atoms with E-state index in [4.69, 9.17) is 4.74 Å². The molecule has 0 atom stereocenters. The molecule has 41 heavy (non-hydrogen) atoms. The van der Waals surface area contributed by atoms with Crippen molar-refractivity contribution in [1.82, 2.24) is 0 Å². The summed E-state index contributed by atoms with van der Waals surface area (Å²) >= 11 is 1.48. The number of quaternary nitrogens is 1. The van der Waals surface area contributed by atoms with E-state index < -0.39 is 6.09 Å². The Morgan fingerprint density at radius 3 is 2.46 bits per heavy atom. The summed E-state index contributed by atoms with van der Waals surface area (Å²) < 4.78 is 7.74. The molecule has 5 rings (SSSR count). The van der Waals surface area contributed by atoms with E-state index in [9.17, 15) is 14.7 Å². The van der Waals surface area contributed by atoms with E-state index in [0.29, 0.717) is 18.5 Å². The number of ether oxygens (including phenoxy) is 1. The van der Waals surface area contributed by atoms with E-state index in [1.54, 1.807) is 0 Å². The van der Waals surface area contributed by atoms with Crippen LogP contribution in [-0.2, 0) is 22.6 Å². The van der Waals surface area contributed by atoms with Crippen molar-refractivity contribution in [2.45, 2.75) is 38.4 Å². The van der Waals surface area contributed by atoms with E-state index >= 15 is 0 Å². The molecule has 1 fully saturated rings. The highest BCUT2D eigenvalue weighted by molar-refractivity contribution is 14.0. The van der Waals surface area contributed by atoms with Gasteiger partial charge in [0.15, 0.2) is 0 Å². The van der Waals surface area contributed by atoms with E-state index in [2.05, 4.69) is 24.7 Å². The van der Waals surface area contributed by atoms with Crippen molar-refractivity contribution >= 4 is 68.8 Å². The Morgan fingerprint density at radius 2 is 1.73 bits per heavy atom. The van der Waals surface area contributed by atoms with E-state index in [0.717, 1.165) is 67.8 Å². The second-order valence-corrected chi connectivity index (χ2v) is 12.2. The minimum Gasteiger partial charge on any atom is -0.850 e. The highest BCUT2D eigenvalue weighted by Crippen LogP contribution is 2.31. The number of fused-ring (bicyclic) bond motifs is 1. The lowest BCUT2D eigenvalue weighted by Gasteiger charge is -2.36. The zero-order valence-corrected chi connectivity index (χ0v) is 26.5. The fourth-order valence-electron chi connectivity index (χ4n) is 5.09. The number of nitrogens with one attached hydrogen (secondary N) is 2. The molecule has 0 aliphatic carbocycles. The maximum Gasteiger partial charge on any atom is 0.411 e. The summed E-state index contributed by atoms with van der Waals surface area (Å²) in [7, 11) is 4.40. The first-order valence-electron chi connectivity index (χ1n) is 13.7. The molecule has 1 aliphatic rings. The Kier molecular flexibility index (Phi) is 10.4. The lowest BCUT2D eigenvalue weighted by molar-refractivity contribution is -0.896. The number of thiophene rings is 1. The average Bonchev–Trinajstić information content (AvgIpc) is 3.37. The molecule has 7 nitrogen and oxygen atoms in total. The Balaban J connectivity index is 0.00000387. The predicted molar refractivity (Wildman–Crippen MR) is 175 cm³/mol. The van der Waals surface area contributed by atoms with Gasteiger partial charge in [0.25, 0.3) is 0 Å². The van der Waals surface area contributed by atoms with Gasteiger partial charge in [-0.25, -0.2) is 4.79 Å². The van der Waals surface area contributed by atoms with Crippen LogP contribution in [0.2, 0.25) is 0 Å². The van der Waals surface area contributed by atoms with Crippen LogP contribution in [0.5, 0.6) is 0 Å². The fourth-order valence-corrected chi connectivity index (χ4v) is 5.99. The molecule has 1 saturated heterocycles.